The molecule has 1 atom stereocenters. The van der Waals surface area contributed by atoms with Crippen LogP contribution in [-0.2, 0) is 24.8 Å². The third-order valence-electron chi connectivity index (χ3n) is 3.29. The highest BCUT2D eigenvalue weighted by Crippen LogP contribution is 2.24. The van der Waals surface area contributed by atoms with Gasteiger partial charge in [-0.05, 0) is 37.5 Å². The maximum absolute atomic E-state index is 12.1. The molecule has 0 spiro atoms. The summed E-state index contributed by atoms with van der Waals surface area (Å²) in [7, 11) is -7.51. The first-order valence-electron chi connectivity index (χ1n) is 6.43. The van der Waals surface area contributed by atoms with E-state index in [1.165, 1.54) is 25.1 Å². The molecule has 1 saturated heterocycles. The number of hydrogen-bond donors (Lipinski definition) is 2. The second-order valence-electron chi connectivity index (χ2n) is 4.99. The van der Waals surface area contributed by atoms with Crippen molar-refractivity contribution in [3.8, 4) is 0 Å². The molecule has 1 aliphatic heterocycles. The van der Waals surface area contributed by atoms with Gasteiger partial charge in [0.1, 0.15) is 0 Å². The summed E-state index contributed by atoms with van der Waals surface area (Å²) in [6.45, 7) is 2.07. The highest BCUT2D eigenvalue weighted by atomic mass is 32.2. The molecule has 1 heterocycles. The summed E-state index contributed by atoms with van der Waals surface area (Å²) in [4.78, 5) is -0.0974. The molecule has 1 aromatic carbocycles. The summed E-state index contributed by atoms with van der Waals surface area (Å²) in [5.74, 6) is -0.147. The van der Waals surface area contributed by atoms with Crippen molar-refractivity contribution < 1.29 is 21.6 Å². The van der Waals surface area contributed by atoms with Crippen LogP contribution < -0.4 is 9.86 Å². The fourth-order valence-electron chi connectivity index (χ4n) is 2.26. The van der Waals surface area contributed by atoms with Gasteiger partial charge in [0.05, 0.1) is 22.4 Å². The van der Waals surface area contributed by atoms with Gasteiger partial charge >= 0.3 is 0 Å². The van der Waals surface area contributed by atoms with E-state index in [1.807, 2.05) is 0 Å². The molecular formula is C12H18N2O5S2. The Bertz CT molecular complexity index is 722. The first-order chi connectivity index (χ1) is 9.69. The second kappa shape index (κ2) is 5.91. The third kappa shape index (κ3) is 4.16. The summed E-state index contributed by atoms with van der Waals surface area (Å²) in [5, 5.41) is 5.10. The lowest BCUT2D eigenvalue weighted by molar-refractivity contribution is 0.127. The number of ether oxygens (including phenoxy) is 1. The van der Waals surface area contributed by atoms with Gasteiger partial charge in [-0.25, -0.2) is 22.0 Å². The lowest BCUT2D eigenvalue weighted by Gasteiger charge is -2.15. The molecule has 1 aromatic rings. The van der Waals surface area contributed by atoms with Gasteiger partial charge in [0.25, 0.3) is 0 Å². The van der Waals surface area contributed by atoms with Crippen molar-refractivity contribution in [2.45, 2.75) is 30.8 Å². The van der Waals surface area contributed by atoms with Crippen LogP contribution in [0, 0.1) is 6.92 Å². The second-order valence-corrected chi connectivity index (χ2v) is 8.29. The lowest BCUT2D eigenvalue weighted by Crippen LogP contribution is -2.26. The van der Waals surface area contributed by atoms with Crippen LogP contribution in [0.15, 0.2) is 23.1 Å². The van der Waals surface area contributed by atoms with Gasteiger partial charge in [-0.15, -0.1) is 0 Å². The zero-order valence-corrected chi connectivity index (χ0v) is 13.2. The van der Waals surface area contributed by atoms with E-state index in [1.54, 1.807) is 0 Å². The number of sulfonamides is 2. The van der Waals surface area contributed by atoms with Gasteiger partial charge in [0.2, 0.25) is 20.0 Å². The molecule has 9 heteroatoms. The van der Waals surface area contributed by atoms with Gasteiger partial charge in [-0.2, -0.15) is 0 Å². The average molecular weight is 334 g/mol. The number of nitrogens with one attached hydrogen (secondary N) is 1. The summed E-state index contributed by atoms with van der Waals surface area (Å²) in [6, 6.07) is 4.27. The van der Waals surface area contributed by atoms with Crippen molar-refractivity contribution in [3.63, 3.8) is 0 Å². The monoisotopic (exact) mass is 334 g/mol. The van der Waals surface area contributed by atoms with E-state index in [0.717, 1.165) is 6.42 Å². The topological polar surface area (TPSA) is 116 Å². The summed E-state index contributed by atoms with van der Waals surface area (Å²) >= 11 is 0. The number of rotatable bonds is 5. The molecule has 0 radical (unpaired) electrons. The molecule has 118 valence electrons. The zero-order valence-electron chi connectivity index (χ0n) is 11.6. The Balaban J connectivity index is 2.23. The molecule has 0 bridgehead atoms. The number of anilines is 1. The van der Waals surface area contributed by atoms with Gasteiger partial charge in [0, 0.05) is 6.61 Å². The van der Waals surface area contributed by atoms with Crippen LogP contribution in [0.3, 0.4) is 0 Å². The molecule has 0 aliphatic carbocycles. The van der Waals surface area contributed by atoms with E-state index in [0.29, 0.717) is 13.0 Å². The molecule has 1 aliphatic rings. The van der Waals surface area contributed by atoms with Gasteiger partial charge in [-0.3, -0.25) is 4.72 Å². The van der Waals surface area contributed by atoms with Crippen LogP contribution in [0.25, 0.3) is 0 Å². The van der Waals surface area contributed by atoms with Crippen LogP contribution in [0.5, 0.6) is 0 Å². The van der Waals surface area contributed by atoms with E-state index in [-0.39, 0.29) is 28.0 Å². The van der Waals surface area contributed by atoms with E-state index in [4.69, 9.17) is 9.88 Å². The van der Waals surface area contributed by atoms with Gasteiger partial charge in [-0.1, -0.05) is 6.07 Å². The van der Waals surface area contributed by atoms with Crippen LogP contribution in [-0.4, -0.2) is 35.3 Å². The highest BCUT2D eigenvalue weighted by Gasteiger charge is 2.24. The van der Waals surface area contributed by atoms with Crippen LogP contribution in [0.1, 0.15) is 18.4 Å². The normalized spacial score (nSPS) is 19.6. The maximum Gasteiger partial charge on any atom is 0.238 e. The fourth-order valence-corrected chi connectivity index (χ4v) is 4.46. The molecule has 21 heavy (non-hydrogen) atoms. The molecule has 1 unspecified atom stereocenters. The minimum Gasteiger partial charge on any atom is -0.377 e. The molecule has 7 nitrogen and oxygen atoms in total. The molecule has 0 saturated carbocycles. The van der Waals surface area contributed by atoms with E-state index < -0.39 is 20.0 Å². The van der Waals surface area contributed by atoms with E-state index in [9.17, 15) is 16.8 Å². The standard InChI is InChI=1S/C12H18N2O5S2/c1-9-11(5-2-6-12(9)21(13,17)18)14-20(15,16)8-10-4-3-7-19-10/h2,5-6,10,14H,3-4,7-8H2,1H3,(H2,13,17,18). The van der Waals surface area contributed by atoms with E-state index >= 15 is 0 Å². The molecule has 0 amide bonds. The summed E-state index contributed by atoms with van der Waals surface area (Å²) in [6.07, 6.45) is 1.24. The number of nitrogens with two attached hydrogens (primary N) is 1. The lowest BCUT2D eigenvalue weighted by atomic mass is 10.2. The Labute approximate surface area is 124 Å². The zero-order chi connectivity index (χ0) is 15.7. The number of benzene rings is 1. The highest BCUT2D eigenvalue weighted by molar-refractivity contribution is 7.92. The Morgan fingerprint density at radius 3 is 2.62 bits per heavy atom. The van der Waals surface area contributed by atoms with Crippen molar-refractivity contribution in [3.05, 3.63) is 23.8 Å². The Kier molecular flexibility index (Phi) is 4.57. The van der Waals surface area contributed by atoms with Crippen LogP contribution in [0.4, 0.5) is 5.69 Å². The first-order valence-corrected chi connectivity index (χ1v) is 9.63. The van der Waals surface area contributed by atoms with Crippen molar-refractivity contribution in [1.29, 1.82) is 0 Å². The van der Waals surface area contributed by atoms with Gasteiger partial charge < -0.3 is 4.74 Å². The SMILES string of the molecule is Cc1c(NS(=O)(=O)CC2CCCO2)cccc1S(N)(=O)=O. The molecule has 2 rings (SSSR count). The predicted molar refractivity (Wildman–Crippen MR) is 78.9 cm³/mol. The van der Waals surface area contributed by atoms with Crippen LogP contribution >= 0.6 is 0 Å². The minimum absolute atomic E-state index is 0.0974. The molecule has 0 aromatic heterocycles. The van der Waals surface area contributed by atoms with Crippen molar-refractivity contribution in [2.24, 2.45) is 5.14 Å². The Morgan fingerprint density at radius 1 is 1.33 bits per heavy atom. The fraction of sp³-hybridized carbons (Fsp3) is 0.500. The van der Waals surface area contributed by atoms with Crippen molar-refractivity contribution >= 4 is 25.7 Å². The predicted octanol–water partition coefficient (Wildman–Crippen LogP) is 0.563. The van der Waals surface area contributed by atoms with E-state index in [2.05, 4.69) is 4.72 Å². The van der Waals surface area contributed by atoms with Crippen molar-refractivity contribution in [2.75, 3.05) is 17.1 Å². The third-order valence-corrected chi connectivity index (χ3v) is 5.68. The first kappa shape index (κ1) is 16.2. The number of hydrogen-bond acceptors (Lipinski definition) is 5. The minimum atomic E-state index is -3.89. The van der Waals surface area contributed by atoms with Crippen molar-refractivity contribution in [1.82, 2.24) is 0 Å². The van der Waals surface area contributed by atoms with Crippen LogP contribution in [0.2, 0.25) is 0 Å². The largest absolute Gasteiger partial charge is 0.377 e. The van der Waals surface area contributed by atoms with Gasteiger partial charge in [0.15, 0.2) is 0 Å². The molecular weight excluding hydrogens is 316 g/mol. The molecule has 1 fully saturated rings. The summed E-state index contributed by atoms with van der Waals surface area (Å²) in [5.41, 5.74) is 0.482. The Morgan fingerprint density at radius 2 is 2.05 bits per heavy atom. The Hall–Kier alpha value is -1.16. The summed E-state index contributed by atoms with van der Waals surface area (Å²) < 4.78 is 54.8. The smallest absolute Gasteiger partial charge is 0.238 e. The average Bonchev–Trinajstić information content (AvgIpc) is 2.82. The quantitative estimate of drug-likeness (QED) is 0.816. The maximum atomic E-state index is 12.1. The molecule has 3 N–H and O–H groups in total. The number of primary sulfonamides is 1.